The molecule has 1 aliphatic heterocycles. The maximum atomic E-state index is 14.0. The largest absolute Gasteiger partial charge is 0.455 e. The number of thiophene rings is 1. The van der Waals surface area contributed by atoms with Crippen LogP contribution in [-0.4, -0.2) is 89.2 Å². The van der Waals surface area contributed by atoms with Gasteiger partial charge in [-0.2, -0.15) is 0 Å². The summed E-state index contributed by atoms with van der Waals surface area (Å²) in [6, 6.07) is 22.7. The number of rotatable bonds is 15. The number of H-pyrrole nitrogens is 1. The Morgan fingerprint density at radius 3 is 2.44 bits per heavy atom. The van der Waals surface area contributed by atoms with Gasteiger partial charge in [0, 0.05) is 73.5 Å². The number of sulfonamides is 1. The molecular formula is C54H63N7O8S2. The highest BCUT2D eigenvalue weighted by Gasteiger charge is 2.32. The van der Waals surface area contributed by atoms with Crippen molar-refractivity contribution in [1.29, 1.82) is 0 Å². The number of pyridine rings is 1. The number of nitrogens with zero attached hydrogens (tertiary/aromatic N) is 4. The minimum Gasteiger partial charge on any atom is -0.455 e. The number of nitro groups is 1. The number of hydrogen-bond acceptors (Lipinski definition) is 13. The lowest BCUT2D eigenvalue weighted by atomic mass is 9.73. The summed E-state index contributed by atoms with van der Waals surface area (Å²) >= 11 is 1.79. The molecule has 5 N–H and O–H groups in total. The van der Waals surface area contributed by atoms with Gasteiger partial charge in [-0.05, 0) is 147 Å². The summed E-state index contributed by atoms with van der Waals surface area (Å²) in [5.74, 6) is -0.311. The molecule has 0 unspecified atom stereocenters. The third-order valence-electron chi connectivity index (χ3n) is 14.4. The van der Waals surface area contributed by atoms with Crippen molar-refractivity contribution in [3.63, 3.8) is 0 Å². The average Bonchev–Trinajstić information content (AvgIpc) is 4.02. The Labute approximate surface area is 419 Å². The Hall–Kier alpha value is -6.11. The van der Waals surface area contributed by atoms with Crippen molar-refractivity contribution in [1.82, 2.24) is 19.6 Å². The van der Waals surface area contributed by atoms with Crippen LogP contribution in [0.1, 0.15) is 100 Å². The number of anilines is 2. The van der Waals surface area contributed by atoms with E-state index in [1.807, 2.05) is 25.1 Å². The summed E-state index contributed by atoms with van der Waals surface area (Å²) in [7, 11) is -4.59. The molecule has 71 heavy (non-hydrogen) atoms. The number of piperazine rings is 1. The monoisotopic (exact) mass is 1000 g/mol. The molecule has 0 radical (unpaired) electrons. The van der Waals surface area contributed by atoms with E-state index in [2.05, 4.69) is 67.2 Å². The summed E-state index contributed by atoms with van der Waals surface area (Å²) in [6.45, 7) is 14.4. The number of ether oxygens (including phenoxy) is 1. The molecule has 1 amide bonds. The van der Waals surface area contributed by atoms with Gasteiger partial charge >= 0.3 is 0 Å². The molecule has 3 aromatic heterocycles. The van der Waals surface area contributed by atoms with Crippen LogP contribution < -0.4 is 19.7 Å². The Morgan fingerprint density at radius 1 is 0.972 bits per heavy atom. The SMILES string of the molecule is CC1(C)CCC(CN2CCN(c3ccc(C(=O)NS(=O)(=O)c4ccc(NCC5CCC(C)(O)CC5)c([N+](=O)[O-])c4)c(Oc4cnc5[nH]ccc5c4)c3)CC2)=C(c2cc(-c3ccc(C(C)(C)O)cc3)cs2)C1. The molecule has 1 saturated carbocycles. The maximum Gasteiger partial charge on any atom is 0.293 e. The van der Waals surface area contributed by atoms with Crippen LogP contribution >= 0.6 is 11.3 Å². The van der Waals surface area contributed by atoms with E-state index in [9.17, 15) is 33.5 Å². The number of hydrogen-bond donors (Lipinski definition) is 5. The summed E-state index contributed by atoms with van der Waals surface area (Å²) in [5.41, 5.74) is 5.82. The molecule has 17 heteroatoms. The number of amides is 1. The number of aliphatic hydroxyl groups is 2. The van der Waals surface area contributed by atoms with Gasteiger partial charge in [0.1, 0.15) is 22.8 Å². The number of carbonyl (C=O) groups excluding carboxylic acids is 1. The molecule has 0 atom stereocenters. The van der Waals surface area contributed by atoms with Gasteiger partial charge in [-0.15, -0.1) is 11.3 Å². The molecule has 15 nitrogen and oxygen atoms in total. The van der Waals surface area contributed by atoms with E-state index < -0.39 is 42.6 Å². The third kappa shape index (κ3) is 11.7. The maximum absolute atomic E-state index is 14.0. The van der Waals surface area contributed by atoms with Crippen molar-refractivity contribution in [2.24, 2.45) is 11.3 Å². The lowest BCUT2D eigenvalue weighted by molar-refractivity contribution is -0.384. The van der Waals surface area contributed by atoms with Crippen LogP contribution in [0.25, 0.3) is 27.7 Å². The summed E-state index contributed by atoms with van der Waals surface area (Å²) in [4.78, 5) is 38.7. The molecule has 9 rings (SSSR count). The summed E-state index contributed by atoms with van der Waals surface area (Å²) in [5, 5.41) is 39.1. The molecule has 4 heterocycles. The molecule has 1 saturated heterocycles. The lowest BCUT2D eigenvalue weighted by Gasteiger charge is -2.39. The van der Waals surface area contributed by atoms with Crippen molar-refractivity contribution in [3.05, 3.63) is 128 Å². The Bertz CT molecular complexity index is 3080. The molecular weight excluding hydrogens is 939 g/mol. The van der Waals surface area contributed by atoms with Crippen LogP contribution in [0.3, 0.4) is 0 Å². The molecule has 2 fully saturated rings. The van der Waals surface area contributed by atoms with Gasteiger partial charge in [0.2, 0.25) is 0 Å². The van der Waals surface area contributed by atoms with Crippen LogP contribution in [0.4, 0.5) is 17.1 Å². The highest BCUT2D eigenvalue weighted by molar-refractivity contribution is 7.90. The van der Waals surface area contributed by atoms with Crippen LogP contribution in [0.5, 0.6) is 11.5 Å². The first-order valence-electron chi connectivity index (χ1n) is 24.4. The lowest BCUT2D eigenvalue weighted by Crippen LogP contribution is -2.47. The zero-order chi connectivity index (χ0) is 50.3. The van der Waals surface area contributed by atoms with Crippen molar-refractivity contribution in [3.8, 4) is 22.6 Å². The molecule has 6 aromatic rings. The second-order valence-corrected chi connectivity index (χ2v) is 23.7. The van der Waals surface area contributed by atoms with Crippen LogP contribution in [0.2, 0.25) is 0 Å². The highest BCUT2D eigenvalue weighted by Crippen LogP contribution is 2.46. The average molecular weight is 1000 g/mol. The Kier molecular flexibility index (Phi) is 13.9. The first kappa shape index (κ1) is 49.9. The second-order valence-electron chi connectivity index (χ2n) is 21.1. The normalized spacial score (nSPS) is 20.0. The van der Waals surface area contributed by atoms with Crippen molar-refractivity contribution in [2.75, 3.05) is 49.5 Å². The number of benzene rings is 3. The quantitative estimate of drug-likeness (QED) is 0.0482. The first-order chi connectivity index (χ1) is 33.7. The molecule has 3 aliphatic rings. The number of nitrogens with one attached hydrogen (secondary N) is 3. The number of fused-ring (bicyclic) bond motifs is 1. The van der Waals surface area contributed by atoms with Crippen LogP contribution in [-0.2, 0) is 15.6 Å². The van der Waals surface area contributed by atoms with Gasteiger partial charge in [-0.1, -0.05) is 43.7 Å². The molecule has 3 aromatic carbocycles. The predicted octanol–water partition coefficient (Wildman–Crippen LogP) is 10.5. The van der Waals surface area contributed by atoms with E-state index in [0.29, 0.717) is 43.9 Å². The van der Waals surface area contributed by atoms with E-state index in [1.165, 1.54) is 39.9 Å². The van der Waals surface area contributed by atoms with E-state index in [0.717, 1.165) is 80.0 Å². The fraction of sp³-hybridized carbons (Fsp3) is 0.407. The van der Waals surface area contributed by atoms with Gasteiger partial charge in [0.15, 0.2) is 0 Å². The predicted molar refractivity (Wildman–Crippen MR) is 280 cm³/mol. The smallest absolute Gasteiger partial charge is 0.293 e. The van der Waals surface area contributed by atoms with Crippen LogP contribution in [0, 0.1) is 21.4 Å². The standard InChI is InChI=1S/C54H63N7O8S2/c1-52(2)18-16-38(45(30-52)49-27-39(34-70-49)36-6-8-40(9-7-36)53(3,4)63)33-59-22-24-60(25-23-59)41-10-12-44(48(28-41)69-42-26-37-17-21-55-50(37)57-32-42)51(62)58-71(67,68)43-11-13-46(47(29-43)61(65)66)56-31-35-14-19-54(5,64)20-15-35/h6-13,17,21,26-29,32,34-35,56,63-64H,14-16,18-20,22-25,30-31,33H2,1-5H3,(H,55,57)(H,58,62). The molecule has 374 valence electrons. The van der Waals surface area contributed by atoms with Gasteiger partial charge in [0.05, 0.1) is 32.8 Å². The second kappa shape index (κ2) is 19.8. The number of aromatic nitrogens is 2. The Morgan fingerprint density at radius 2 is 1.72 bits per heavy atom. The number of aromatic amines is 1. The fourth-order valence-electron chi connectivity index (χ4n) is 9.97. The van der Waals surface area contributed by atoms with E-state index in [4.69, 9.17) is 4.74 Å². The van der Waals surface area contributed by atoms with Gasteiger partial charge in [-0.3, -0.25) is 19.8 Å². The molecule has 0 spiro atoms. The zero-order valence-electron chi connectivity index (χ0n) is 41.0. The molecule has 0 bridgehead atoms. The van der Waals surface area contributed by atoms with Gasteiger partial charge in [0.25, 0.3) is 21.6 Å². The first-order valence-corrected chi connectivity index (χ1v) is 26.7. The van der Waals surface area contributed by atoms with Crippen molar-refractivity contribution < 1.29 is 33.1 Å². The fourth-order valence-corrected chi connectivity index (χ4v) is 12.0. The topological polar surface area (TPSA) is 203 Å². The third-order valence-corrected chi connectivity index (χ3v) is 16.8. The van der Waals surface area contributed by atoms with E-state index in [-0.39, 0.29) is 28.3 Å². The minimum absolute atomic E-state index is 0.0491. The number of nitro benzene ring substituents is 1. The number of carbonyl (C=O) groups is 1. The van der Waals surface area contributed by atoms with Crippen LogP contribution in [0.15, 0.2) is 107 Å². The number of allylic oxidation sites excluding steroid dienone is 1. The van der Waals surface area contributed by atoms with E-state index >= 15 is 0 Å². The summed E-state index contributed by atoms with van der Waals surface area (Å²) < 4.78 is 36.1. The van der Waals surface area contributed by atoms with Gasteiger partial charge in [-0.25, -0.2) is 18.1 Å². The molecule has 2 aliphatic carbocycles. The minimum atomic E-state index is -4.59. The zero-order valence-corrected chi connectivity index (χ0v) is 42.6. The summed E-state index contributed by atoms with van der Waals surface area (Å²) in [6.07, 6.45) is 9.22. The van der Waals surface area contributed by atoms with Crippen molar-refractivity contribution in [2.45, 2.75) is 95.7 Å². The van der Waals surface area contributed by atoms with E-state index in [1.54, 1.807) is 55.6 Å². The van der Waals surface area contributed by atoms with Gasteiger partial charge < -0.3 is 30.2 Å². The van der Waals surface area contributed by atoms with Crippen molar-refractivity contribution >= 4 is 60.9 Å². The Balaban J connectivity index is 0.909. The highest BCUT2D eigenvalue weighted by atomic mass is 32.2.